The van der Waals surface area contributed by atoms with E-state index in [1.54, 1.807) is 0 Å². The van der Waals surface area contributed by atoms with Gasteiger partial charge in [-0.25, -0.2) is 15.0 Å². The van der Waals surface area contributed by atoms with Crippen LogP contribution in [0.1, 0.15) is 0 Å². The molecule has 0 radical (unpaired) electrons. The molecule has 0 aliphatic heterocycles. The number of nitrogens with zero attached hydrogens (tertiary/aromatic N) is 4. The Kier molecular flexibility index (Phi) is 9.14. The van der Waals surface area contributed by atoms with E-state index in [2.05, 4.69) is 241 Å². The van der Waals surface area contributed by atoms with Crippen molar-refractivity contribution < 1.29 is 0 Å². The molecule has 312 valence electrons. The van der Waals surface area contributed by atoms with Crippen molar-refractivity contribution in [1.82, 2.24) is 19.5 Å². The molecule has 0 aliphatic rings. The Morgan fingerprint density at radius 3 is 1.66 bits per heavy atom. The molecule has 0 saturated heterocycles. The highest BCUT2D eigenvalue weighted by atomic mass is 15.0. The lowest BCUT2D eigenvalue weighted by Crippen LogP contribution is -2.02. The van der Waals surface area contributed by atoms with Crippen molar-refractivity contribution in [2.24, 2.45) is 0 Å². The van der Waals surface area contributed by atoms with Gasteiger partial charge in [0.2, 0.25) is 0 Å². The third kappa shape index (κ3) is 6.57. The zero-order valence-corrected chi connectivity index (χ0v) is 36.4. The molecule has 2 aromatic heterocycles. The molecule has 2 heterocycles. The minimum absolute atomic E-state index is 0.607. The van der Waals surface area contributed by atoms with Crippen LogP contribution in [0.2, 0.25) is 0 Å². The van der Waals surface area contributed by atoms with Gasteiger partial charge in [-0.15, -0.1) is 0 Å². The van der Waals surface area contributed by atoms with E-state index >= 15 is 0 Å². The standard InChI is InChI=1S/C63H40N4/c1-3-17-41(18-4-1)45-21-15-22-47(39-45)62-64-61(44-35-33-43(34-36-44)59-50-26-10-8-20-46(50)40-57-49-25-9-7-19-42(49)37-38-53(57)59)65-63(66-62)56-29-12-11-27-51(56)54-30-16-31-55-52-28-13-14-32-58(52)67(60(54)55)48-23-5-2-6-24-48/h1-40H. The molecule has 13 aromatic rings. The summed E-state index contributed by atoms with van der Waals surface area (Å²) in [6.45, 7) is 0. The Labute approximate surface area is 387 Å². The van der Waals surface area contributed by atoms with Crippen molar-refractivity contribution in [1.29, 1.82) is 0 Å². The maximum atomic E-state index is 5.38. The van der Waals surface area contributed by atoms with E-state index in [9.17, 15) is 0 Å². The minimum atomic E-state index is 0.607. The largest absolute Gasteiger partial charge is 0.309 e. The summed E-state index contributed by atoms with van der Waals surface area (Å²) in [5.74, 6) is 1.83. The van der Waals surface area contributed by atoms with Gasteiger partial charge in [0.25, 0.3) is 0 Å². The van der Waals surface area contributed by atoms with Crippen LogP contribution in [-0.4, -0.2) is 19.5 Å². The first-order valence-corrected chi connectivity index (χ1v) is 22.8. The normalized spacial score (nSPS) is 11.6. The van der Waals surface area contributed by atoms with Crippen LogP contribution in [0.5, 0.6) is 0 Å². The highest BCUT2D eigenvalue weighted by Gasteiger charge is 2.21. The van der Waals surface area contributed by atoms with Gasteiger partial charge in [-0.05, 0) is 90.5 Å². The SMILES string of the molecule is c1ccc(-c2cccc(-c3nc(-c4ccc(-c5c6ccccc6cc6c5ccc5ccccc56)cc4)nc(-c4ccccc4-c4cccc5c6ccccc6n(-c6ccccc6)c45)n3)c2)cc1. The number of para-hydroxylation sites is 3. The summed E-state index contributed by atoms with van der Waals surface area (Å²) in [5.41, 5.74) is 12.9. The fourth-order valence-corrected chi connectivity index (χ4v) is 10.1. The van der Waals surface area contributed by atoms with Gasteiger partial charge in [-0.3, -0.25) is 0 Å². The van der Waals surface area contributed by atoms with Crippen molar-refractivity contribution >= 4 is 54.1 Å². The predicted octanol–water partition coefficient (Wildman–Crippen LogP) is 16.4. The Balaban J connectivity index is 1.01. The van der Waals surface area contributed by atoms with Gasteiger partial charge in [-0.1, -0.05) is 212 Å². The summed E-state index contributed by atoms with van der Waals surface area (Å²) in [4.78, 5) is 16.0. The Hall–Kier alpha value is -8.99. The van der Waals surface area contributed by atoms with Crippen LogP contribution in [0, 0.1) is 0 Å². The first-order chi connectivity index (χ1) is 33.2. The van der Waals surface area contributed by atoms with Gasteiger partial charge in [0.15, 0.2) is 17.5 Å². The van der Waals surface area contributed by atoms with E-state index in [1.165, 1.54) is 48.7 Å². The van der Waals surface area contributed by atoms with Crippen LogP contribution in [0.15, 0.2) is 243 Å². The maximum absolute atomic E-state index is 5.38. The molecule has 0 spiro atoms. The van der Waals surface area contributed by atoms with Crippen molar-refractivity contribution in [3.05, 3.63) is 243 Å². The molecule has 0 fully saturated rings. The molecule has 11 aromatic carbocycles. The third-order valence-corrected chi connectivity index (χ3v) is 13.2. The molecule has 0 aliphatic carbocycles. The fraction of sp³-hybridized carbons (Fsp3) is 0. The lowest BCUT2D eigenvalue weighted by Gasteiger charge is -2.16. The number of hydrogen-bond donors (Lipinski definition) is 0. The molecule has 4 heteroatoms. The monoisotopic (exact) mass is 852 g/mol. The van der Waals surface area contributed by atoms with E-state index < -0.39 is 0 Å². The van der Waals surface area contributed by atoms with Gasteiger partial charge in [0.1, 0.15) is 0 Å². The Bertz CT molecular complexity index is 4020. The van der Waals surface area contributed by atoms with E-state index in [0.717, 1.165) is 61.2 Å². The molecule has 0 saturated carbocycles. The molecule has 4 nitrogen and oxygen atoms in total. The maximum Gasteiger partial charge on any atom is 0.164 e. The first-order valence-electron chi connectivity index (χ1n) is 22.8. The van der Waals surface area contributed by atoms with Gasteiger partial charge in [0, 0.05) is 38.7 Å². The van der Waals surface area contributed by atoms with Gasteiger partial charge < -0.3 is 4.57 Å². The first kappa shape index (κ1) is 38.5. The molecular formula is C63H40N4. The molecule has 0 bridgehead atoms. The average Bonchev–Trinajstić information content (AvgIpc) is 3.75. The van der Waals surface area contributed by atoms with Gasteiger partial charge in [-0.2, -0.15) is 0 Å². The second-order valence-corrected chi connectivity index (χ2v) is 17.1. The van der Waals surface area contributed by atoms with E-state index in [-0.39, 0.29) is 0 Å². The number of aromatic nitrogens is 4. The van der Waals surface area contributed by atoms with E-state index in [4.69, 9.17) is 15.0 Å². The van der Waals surface area contributed by atoms with Crippen molar-refractivity contribution in [3.8, 4) is 73.2 Å². The molecule has 0 amide bonds. The lowest BCUT2D eigenvalue weighted by atomic mass is 9.89. The summed E-state index contributed by atoms with van der Waals surface area (Å²) in [7, 11) is 0. The van der Waals surface area contributed by atoms with Crippen LogP contribution in [0.25, 0.3) is 127 Å². The second kappa shape index (κ2) is 15.9. The molecule has 0 unspecified atom stereocenters. The van der Waals surface area contributed by atoms with Crippen LogP contribution in [-0.2, 0) is 0 Å². The number of rotatable bonds is 7. The zero-order chi connectivity index (χ0) is 44.3. The molecule has 67 heavy (non-hydrogen) atoms. The minimum Gasteiger partial charge on any atom is -0.309 e. The van der Waals surface area contributed by atoms with Crippen molar-refractivity contribution in [3.63, 3.8) is 0 Å². The summed E-state index contributed by atoms with van der Waals surface area (Å²) >= 11 is 0. The zero-order valence-electron chi connectivity index (χ0n) is 36.4. The van der Waals surface area contributed by atoms with Crippen LogP contribution in [0.3, 0.4) is 0 Å². The Morgan fingerprint density at radius 2 is 0.836 bits per heavy atom. The topological polar surface area (TPSA) is 43.6 Å². The quantitative estimate of drug-likeness (QED) is 0.118. The van der Waals surface area contributed by atoms with Crippen LogP contribution >= 0.6 is 0 Å². The van der Waals surface area contributed by atoms with E-state index in [1.807, 2.05) is 6.07 Å². The van der Waals surface area contributed by atoms with Crippen molar-refractivity contribution in [2.75, 3.05) is 0 Å². The molecule has 13 rings (SSSR count). The highest BCUT2D eigenvalue weighted by molar-refractivity contribution is 6.20. The lowest BCUT2D eigenvalue weighted by molar-refractivity contribution is 1.07. The average molecular weight is 853 g/mol. The smallest absolute Gasteiger partial charge is 0.164 e. The summed E-state index contributed by atoms with van der Waals surface area (Å²) in [6, 6.07) is 86.4. The molecular weight excluding hydrogens is 813 g/mol. The Morgan fingerprint density at radius 1 is 0.269 bits per heavy atom. The van der Waals surface area contributed by atoms with Crippen LogP contribution in [0.4, 0.5) is 0 Å². The second-order valence-electron chi connectivity index (χ2n) is 17.1. The van der Waals surface area contributed by atoms with E-state index in [0.29, 0.717) is 17.5 Å². The van der Waals surface area contributed by atoms with Gasteiger partial charge >= 0.3 is 0 Å². The summed E-state index contributed by atoms with van der Waals surface area (Å²) in [6.07, 6.45) is 0. The number of hydrogen-bond acceptors (Lipinski definition) is 3. The highest BCUT2D eigenvalue weighted by Crippen LogP contribution is 2.43. The fourth-order valence-electron chi connectivity index (χ4n) is 10.1. The number of fused-ring (bicyclic) bond motifs is 7. The predicted molar refractivity (Wildman–Crippen MR) is 279 cm³/mol. The summed E-state index contributed by atoms with van der Waals surface area (Å²) < 4.78 is 2.39. The van der Waals surface area contributed by atoms with Gasteiger partial charge in [0.05, 0.1) is 11.0 Å². The molecule has 0 atom stereocenters. The van der Waals surface area contributed by atoms with Crippen LogP contribution < -0.4 is 0 Å². The molecule has 0 N–H and O–H groups in total. The number of benzene rings is 11. The summed E-state index contributed by atoms with van der Waals surface area (Å²) in [5, 5.41) is 9.80. The third-order valence-electron chi connectivity index (χ3n) is 13.2. The van der Waals surface area contributed by atoms with Crippen molar-refractivity contribution in [2.45, 2.75) is 0 Å².